The highest BCUT2D eigenvalue weighted by Crippen LogP contribution is 2.33. The zero-order valence-electron chi connectivity index (χ0n) is 20.1. The largest absolute Gasteiger partial charge is 0.494 e. The van der Waals surface area contributed by atoms with Gasteiger partial charge in [0, 0.05) is 46.4 Å². The highest BCUT2D eigenvalue weighted by molar-refractivity contribution is 7.94. The summed E-state index contributed by atoms with van der Waals surface area (Å²) < 4.78 is 25.0. The molecule has 1 aliphatic carbocycles. The number of rotatable bonds is 10. The highest BCUT2D eigenvalue weighted by Gasteiger charge is 2.17. The van der Waals surface area contributed by atoms with Crippen molar-refractivity contribution >= 4 is 46.3 Å². The van der Waals surface area contributed by atoms with Gasteiger partial charge in [0.25, 0.3) is 5.56 Å². The van der Waals surface area contributed by atoms with Crippen molar-refractivity contribution in [2.45, 2.75) is 24.3 Å². The lowest BCUT2D eigenvalue weighted by molar-refractivity contribution is -0.139. The Hall–Kier alpha value is -3.63. The molecule has 0 saturated heterocycles. The number of methoxy groups -OCH3 is 1. The van der Waals surface area contributed by atoms with Crippen molar-refractivity contribution in [2.24, 2.45) is 7.05 Å². The second-order valence-electron chi connectivity index (χ2n) is 8.36. The fourth-order valence-corrected chi connectivity index (χ4v) is 4.58. The zero-order valence-corrected chi connectivity index (χ0v) is 21.7. The summed E-state index contributed by atoms with van der Waals surface area (Å²) in [5.41, 5.74) is 3.37. The molecule has 11 heteroatoms. The first-order chi connectivity index (χ1) is 17.8. The smallest absolute Gasteiger partial charge is 0.341 e. The molecule has 0 aliphatic heterocycles. The van der Waals surface area contributed by atoms with Gasteiger partial charge in [-0.2, -0.15) is 3.89 Å². The SMILES string of the molecule is COc1cc(NC2=C(Cl)CCC(NCc3cccc(SF)c3)=C2)cc2cc(OCC(=O)O)c(=O)n(C)c12. The summed E-state index contributed by atoms with van der Waals surface area (Å²) in [6, 6.07) is 12.3. The van der Waals surface area contributed by atoms with Gasteiger partial charge in [0.2, 0.25) is 0 Å². The minimum Gasteiger partial charge on any atom is -0.494 e. The van der Waals surface area contributed by atoms with E-state index >= 15 is 0 Å². The molecule has 194 valence electrons. The van der Waals surface area contributed by atoms with Gasteiger partial charge in [-0.15, -0.1) is 0 Å². The van der Waals surface area contributed by atoms with Crippen molar-refractivity contribution < 1.29 is 23.3 Å². The molecule has 8 nitrogen and oxygen atoms in total. The van der Waals surface area contributed by atoms with Crippen LogP contribution in [-0.2, 0) is 18.4 Å². The number of halogens is 2. The van der Waals surface area contributed by atoms with Crippen LogP contribution in [0.1, 0.15) is 18.4 Å². The number of carboxylic acids is 1. The number of nitrogens with one attached hydrogen (secondary N) is 2. The minimum atomic E-state index is -1.18. The van der Waals surface area contributed by atoms with Gasteiger partial charge in [-0.3, -0.25) is 4.79 Å². The van der Waals surface area contributed by atoms with E-state index < -0.39 is 18.1 Å². The zero-order chi connectivity index (χ0) is 26.5. The molecule has 2 aromatic carbocycles. The molecule has 0 bridgehead atoms. The molecule has 3 aromatic rings. The average molecular weight is 546 g/mol. The molecule has 37 heavy (non-hydrogen) atoms. The van der Waals surface area contributed by atoms with Gasteiger partial charge >= 0.3 is 5.97 Å². The summed E-state index contributed by atoms with van der Waals surface area (Å²) in [6.45, 7) is -0.0854. The van der Waals surface area contributed by atoms with E-state index in [9.17, 15) is 13.5 Å². The van der Waals surface area contributed by atoms with Crippen LogP contribution < -0.4 is 25.7 Å². The third kappa shape index (κ3) is 6.20. The number of nitrogens with zero attached hydrogens (tertiary/aromatic N) is 1. The number of aryl methyl sites for hydroxylation is 1. The Labute approximate surface area is 222 Å². The molecule has 4 rings (SSSR count). The van der Waals surface area contributed by atoms with E-state index in [0.717, 1.165) is 17.7 Å². The van der Waals surface area contributed by atoms with Crippen LogP contribution >= 0.6 is 23.7 Å². The maximum Gasteiger partial charge on any atom is 0.341 e. The van der Waals surface area contributed by atoms with Crippen molar-refractivity contribution in [3.8, 4) is 11.5 Å². The van der Waals surface area contributed by atoms with Crippen LogP contribution in [0, 0.1) is 0 Å². The molecular weight excluding hydrogens is 521 g/mol. The monoisotopic (exact) mass is 545 g/mol. The molecule has 0 saturated carbocycles. The van der Waals surface area contributed by atoms with Crippen molar-refractivity contribution in [1.29, 1.82) is 0 Å². The van der Waals surface area contributed by atoms with Gasteiger partial charge < -0.3 is 29.8 Å². The van der Waals surface area contributed by atoms with Crippen LogP contribution in [0.3, 0.4) is 0 Å². The lowest BCUT2D eigenvalue weighted by atomic mass is 10.1. The van der Waals surface area contributed by atoms with Gasteiger partial charge in [0.15, 0.2) is 12.4 Å². The lowest BCUT2D eigenvalue weighted by Gasteiger charge is -2.21. The van der Waals surface area contributed by atoms with Crippen molar-refractivity contribution in [1.82, 2.24) is 9.88 Å². The topological polar surface area (TPSA) is 102 Å². The van der Waals surface area contributed by atoms with Crippen LogP contribution in [0.4, 0.5) is 9.57 Å². The second-order valence-corrected chi connectivity index (χ2v) is 9.44. The third-order valence-electron chi connectivity index (χ3n) is 5.82. The van der Waals surface area contributed by atoms with Crippen molar-refractivity contribution in [3.05, 3.63) is 80.9 Å². The lowest BCUT2D eigenvalue weighted by Crippen LogP contribution is -2.22. The molecule has 0 amide bonds. The number of carbonyl (C=O) groups is 1. The second kappa shape index (κ2) is 11.6. The summed E-state index contributed by atoms with van der Waals surface area (Å²) >= 11 is 6.75. The number of aliphatic carboxylic acids is 1. The van der Waals surface area contributed by atoms with E-state index in [2.05, 4.69) is 10.6 Å². The van der Waals surface area contributed by atoms with E-state index in [1.54, 1.807) is 31.3 Å². The first kappa shape index (κ1) is 26.4. The molecule has 1 heterocycles. The van der Waals surface area contributed by atoms with Crippen LogP contribution in [0.25, 0.3) is 10.9 Å². The number of aromatic nitrogens is 1. The number of anilines is 1. The molecule has 0 radical (unpaired) electrons. The van der Waals surface area contributed by atoms with E-state index in [1.807, 2.05) is 18.2 Å². The van der Waals surface area contributed by atoms with Crippen LogP contribution in [0.2, 0.25) is 0 Å². The molecule has 1 aliphatic rings. The van der Waals surface area contributed by atoms with Gasteiger partial charge in [-0.1, -0.05) is 23.7 Å². The minimum absolute atomic E-state index is 0.0758. The number of allylic oxidation sites excluding steroid dienone is 3. The molecule has 0 atom stereocenters. The van der Waals surface area contributed by atoms with Gasteiger partial charge in [-0.05, 0) is 48.7 Å². The van der Waals surface area contributed by atoms with Gasteiger partial charge in [0.05, 0.1) is 30.5 Å². The Balaban J connectivity index is 1.60. The first-order valence-electron chi connectivity index (χ1n) is 11.3. The first-order valence-corrected chi connectivity index (χ1v) is 12.4. The summed E-state index contributed by atoms with van der Waals surface area (Å²) in [5, 5.41) is 16.9. The highest BCUT2D eigenvalue weighted by atomic mass is 35.5. The molecule has 0 fully saturated rings. The summed E-state index contributed by atoms with van der Waals surface area (Å²) in [7, 11) is 3.07. The molecule has 3 N–H and O–H groups in total. The number of hydrogen-bond acceptors (Lipinski definition) is 7. The Kier molecular flexibility index (Phi) is 8.30. The Bertz CT molecular complexity index is 1470. The average Bonchev–Trinajstić information content (AvgIpc) is 2.89. The Morgan fingerprint density at radius 2 is 2.03 bits per heavy atom. The quantitative estimate of drug-likeness (QED) is 0.315. The van der Waals surface area contributed by atoms with Crippen LogP contribution in [0.15, 0.2) is 74.7 Å². The summed E-state index contributed by atoms with van der Waals surface area (Å²) in [4.78, 5) is 24.1. The van der Waals surface area contributed by atoms with Gasteiger partial charge in [0.1, 0.15) is 5.75 Å². The number of hydrogen-bond donors (Lipinski definition) is 3. The third-order valence-corrected chi connectivity index (χ3v) is 6.65. The molecular formula is C26H25ClFN3O5S. The fraction of sp³-hybridized carbons (Fsp3) is 0.231. The predicted octanol–water partition coefficient (Wildman–Crippen LogP) is 5.32. The van der Waals surface area contributed by atoms with E-state index in [-0.39, 0.29) is 17.9 Å². The Morgan fingerprint density at radius 1 is 1.22 bits per heavy atom. The van der Waals surface area contributed by atoms with E-state index in [1.165, 1.54) is 17.7 Å². The number of benzene rings is 2. The molecule has 1 aromatic heterocycles. The molecule has 0 spiro atoms. The van der Waals surface area contributed by atoms with E-state index in [0.29, 0.717) is 50.9 Å². The Morgan fingerprint density at radius 3 is 2.76 bits per heavy atom. The van der Waals surface area contributed by atoms with Gasteiger partial charge in [-0.25, -0.2) is 4.79 Å². The number of ether oxygens (including phenoxy) is 2. The van der Waals surface area contributed by atoms with Crippen LogP contribution in [-0.4, -0.2) is 29.4 Å². The number of fused-ring (bicyclic) bond motifs is 1. The maximum atomic E-state index is 12.9. The summed E-state index contributed by atoms with van der Waals surface area (Å²) in [6.07, 6.45) is 3.29. The van der Waals surface area contributed by atoms with Crippen molar-refractivity contribution in [2.75, 3.05) is 19.0 Å². The predicted molar refractivity (Wildman–Crippen MR) is 143 cm³/mol. The summed E-state index contributed by atoms with van der Waals surface area (Å²) in [5.74, 6) is -0.808. The number of pyridine rings is 1. The van der Waals surface area contributed by atoms with Crippen molar-refractivity contribution in [3.63, 3.8) is 0 Å². The standard InChI is InChI=1S/C26H25ClFN3O5S/c1-31-25-16(10-23(26(31)34)36-14-24(32)33)9-18(12-22(25)35-2)30-21-11-17(6-7-20(21)27)29-13-15-4-3-5-19(8-15)37-28/h3-5,8-12,29-30H,6-7,13-14H2,1-2H3,(H,32,33). The maximum absolute atomic E-state index is 12.9. The fourth-order valence-electron chi connectivity index (χ4n) is 4.06. The van der Waals surface area contributed by atoms with E-state index in [4.69, 9.17) is 26.2 Å². The molecule has 0 unspecified atom stereocenters. The normalized spacial score (nSPS) is 13.4. The number of carboxylic acid groups (broad SMARTS) is 1. The van der Waals surface area contributed by atoms with Crippen LogP contribution in [0.5, 0.6) is 11.5 Å².